The summed E-state index contributed by atoms with van der Waals surface area (Å²) in [7, 11) is 1.28. The molecule has 0 saturated heterocycles. The second-order valence-corrected chi connectivity index (χ2v) is 6.77. The Morgan fingerprint density at radius 3 is 1.63 bits per heavy atom. The number of rotatable bonds is 6. The maximum Gasteiger partial charge on any atom is 0.341 e. The largest absolute Gasteiger partial charge is 0.465 e. The summed E-state index contributed by atoms with van der Waals surface area (Å²) in [5, 5.41) is 4.54. The van der Waals surface area contributed by atoms with Gasteiger partial charge in [-0.15, -0.1) is 0 Å². The molecule has 0 aliphatic heterocycles. The Balaban J connectivity index is 2.16. The molecule has 30 heavy (non-hydrogen) atoms. The Kier molecular flexibility index (Phi) is 5.26. The lowest BCUT2D eigenvalue weighted by Gasteiger charge is -2.37. The van der Waals surface area contributed by atoms with Crippen molar-refractivity contribution in [2.75, 3.05) is 7.11 Å². The Morgan fingerprint density at radius 2 is 1.27 bits per heavy atom. The van der Waals surface area contributed by atoms with Crippen molar-refractivity contribution in [3.63, 3.8) is 0 Å². The van der Waals surface area contributed by atoms with E-state index in [2.05, 4.69) is 5.10 Å². The predicted octanol–water partition coefficient (Wildman–Crippen LogP) is 4.32. The molecule has 0 bridgehead atoms. The first-order valence-electron chi connectivity index (χ1n) is 9.52. The van der Waals surface area contributed by atoms with Crippen molar-refractivity contribution in [3.05, 3.63) is 125 Å². The van der Waals surface area contributed by atoms with Gasteiger partial charge >= 0.3 is 5.97 Å². The number of carbonyl (C=O) groups excluding carboxylic acids is 2. The number of hydrogen-bond acceptors (Lipinski definition) is 4. The molecule has 5 nitrogen and oxygen atoms in total. The Hall–Kier alpha value is -3.99. The summed E-state index contributed by atoms with van der Waals surface area (Å²) in [5.74, 6) is -0.605. The molecule has 0 unspecified atom stereocenters. The molecule has 0 amide bonds. The van der Waals surface area contributed by atoms with E-state index in [1.54, 1.807) is 4.68 Å². The summed E-state index contributed by atoms with van der Waals surface area (Å²) in [6.07, 6.45) is 2.04. The van der Waals surface area contributed by atoms with Gasteiger partial charge in [-0.05, 0) is 16.7 Å². The lowest BCUT2D eigenvalue weighted by molar-refractivity contribution is 0.0598. The maximum absolute atomic E-state index is 12.3. The number of benzene rings is 3. The van der Waals surface area contributed by atoms with Crippen LogP contribution >= 0.6 is 0 Å². The number of aldehydes is 1. The van der Waals surface area contributed by atoms with Crippen LogP contribution < -0.4 is 0 Å². The molecule has 0 radical (unpaired) electrons. The van der Waals surface area contributed by atoms with Crippen LogP contribution in [0.1, 0.15) is 37.5 Å². The van der Waals surface area contributed by atoms with Crippen LogP contribution in [0.25, 0.3) is 0 Å². The Morgan fingerprint density at radius 1 is 0.833 bits per heavy atom. The van der Waals surface area contributed by atoms with Crippen LogP contribution in [0.15, 0.2) is 97.2 Å². The third-order valence-electron chi connectivity index (χ3n) is 5.22. The minimum atomic E-state index is -0.966. The minimum Gasteiger partial charge on any atom is -0.465 e. The SMILES string of the molecule is COC(=O)c1cnn(C(c2ccccc2)(c2ccccc2)c2ccccc2)c1C=O. The fourth-order valence-corrected chi connectivity index (χ4v) is 3.91. The molecule has 4 aromatic rings. The summed E-state index contributed by atoms with van der Waals surface area (Å²) in [4.78, 5) is 24.5. The van der Waals surface area contributed by atoms with E-state index in [-0.39, 0.29) is 11.3 Å². The highest BCUT2D eigenvalue weighted by atomic mass is 16.5. The van der Waals surface area contributed by atoms with E-state index in [1.165, 1.54) is 13.3 Å². The molecule has 0 N–H and O–H groups in total. The highest BCUT2D eigenvalue weighted by Gasteiger charge is 2.41. The van der Waals surface area contributed by atoms with Gasteiger partial charge in [-0.3, -0.25) is 4.79 Å². The van der Waals surface area contributed by atoms with Crippen LogP contribution in [0.4, 0.5) is 0 Å². The van der Waals surface area contributed by atoms with Gasteiger partial charge in [0.2, 0.25) is 0 Å². The van der Waals surface area contributed by atoms with Crippen molar-refractivity contribution in [2.45, 2.75) is 5.54 Å². The zero-order chi connectivity index (χ0) is 21.0. The molecule has 3 aromatic carbocycles. The van der Waals surface area contributed by atoms with Crippen LogP contribution in [0.2, 0.25) is 0 Å². The second-order valence-electron chi connectivity index (χ2n) is 6.77. The molecule has 0 fully saturated rings. The summed E-state index contributed by atoms with van der Waals surface area (Å²) in [6, 6.07) is 29.5. The lowest BCUT2D eigenvalue weighted by Crippen LogP contribution is -2.40. The van der Waals surface area contributed by atoms with Gasteiger partial charge in [0.15, 0.2) is 6.29 Å². The van der Waals surface area contributed by atoms with E-state index < -0.39 is 11.5 Å². The number of aromatic nitrogens is 2. The second kappa shape index (κ2) is 8.17. The van der Waals surface area contributed by atoms with Gasteiger partial charge in [-0.2, -0.15) is 5.10 Å². The van der Waals surface area contributed by atoms with E-state index in [0.29, 0.717) is 6.29 Å². The number of ether oxygens (including phenoxy) is 1. The van der Waals surface area contributed by atoms with Crippen LogP contribution in [0.3, 0.4) is 0 Å². The average Bonchev–Trinajstić information content (AvgIpc) is 3.25. The van der Waals surface area contributed by atoms with Crippen LogP contribution in [0, 0.1) is 0 Å². The standard InChI is InChI=1S/C25H20N2O3/c1-30-24(29)22-17-26-27(23(22)18-28)25(19-11-5-2-6-12-19,20-13-7-3-8-14-20)21-15-9-4-10-16-21/h2-18H,1H3. The Labute approximate surface area is 174 Å². The summed E-state index contributed by atoms with van der Waals surface area (Å²) in [5.41, 5.74) is 2.03. The first kappa shape index (κ1) is 19.3. The molecular formula is C25H20N2O3. The van der Waals surface area contributed by atoms with E-state index in [9.17, 15) is 9.59 Å². The van der Waals surface area contributed by atoms with Crippen molar-refractivity contribution < 1.29 is 14.3 Å². The molecule has 1 heterocycles. The molecular weight excluding hydrogens is 376 g/mol. The predicted molar refractivity (Wildman–Crippen MR) is 114 cm³/mol. The molecule has 4 rings (SSSR count). The normalized spacial score (nSPS) is 11.1. The number of carbonyl (C=O) groups is 2. The van der Waals surface area contributed by atoms with E-state index in [0.717, 1.165) is 16.7 Å². The zero-order valence-corrected chi connectivity index (χ0v) is 16.4. The van der Waals surface area contributed by atoms with Gasteiger partial charge in [0.25, 0.3) is 0 Å². The van der Waals surface area contributed by atoms with Crippen molar-refractivity contribution in [3.8, 4) is 0 Å². The van der Waals surface area contributed by atoms with E-state index in [1.807, 2.05) is 91.0 Å². The van der Waals surface area contributed by atoms with Crippen molar-refractivity contribution in [2.24, 2.45) is 0 Å². The van der Waals surface area contributed by atoms with Gasteiger partial charge in [-0.1, -0.05) is 91.0 Å². The number of methoxy groups -OCH3 is 1. The minimum absolute atomic E-state index is 0.125. The zero-order valence-electron chi connectivity index (χ0n) is 16.4. The number of esters is 1. The lowest BCUT2D eigenvalue weighted by atomic mass is 9.77. The fourth-order valence-electron chi connectivity index (χ4n) is 3.91. The average molecular weight is 396 g/mol. The monoisotopic (exact) mass is 396 g/mol. The molecule has 1 aromatic heterocycles. The topological polar surface area (TPSA) is 61.2 Å². The molecule has 0 aliphatic carbocycles. The van der Waals surface area contributed by atoms with E-state index in [4.69, 9.17) is 4.74 Å². The van der Waals surface area contributed by atoms with Crippen LogP contribution in [-0.4, -0.2) is 29.1 Å². The maximum atomic E-state index is 12.3. The molecule has 0 aliphatic rings. The van der Waals surface area contributed by atoms with Crippen LogP contribution in [-0.2, 0) is 10.3 Å². The van der Waals surface area contributed by atoms with Gasteiger partial charge in [0.1, 0.15) is 16.8 Å². The first-order valence-corrected chi connectivity index (χ1v) is 9.52. The quantitative estimate of drug-likeness (QED) is 0.277. The highest BCUT2D eigenvalue weighted by Crippen LogP contribution is 2.41. The smallest absolute Gasteiger partial charge is 0.341 e. The highest BCUT2D eigenvalue weighted by molar-refractivity contribution is 5.97. The van der Waals surface area contributed by atoms with Gasteiger partial charge in [0.05, 0.1) is 13.3 Å². The van der Waals surface area contributed by atoms with Gasteiger partial charge in [0, 0.05) is 0 Å². The molecule has 148 valence electrons. The summed E-state index contributed by atoms with van der Waals surface area (Å²) >= 11 is 0. The number of nitrogens with zero attached hydrogens (tertiary/aromatic N) is 2. The van der Waals surface area contributed by atoms with E-state index >= 15 is 0 Å². The van der Waals surface area contributed by atoms with Crippen LogP contribution in [0.5, 0.6) is 0 Å². The molecule has 0 atom stereocenters. The Bertz CT molecular complexity index is 1060. The fraction of sp³-hybridized carbons (Fsp3) is 0.0800. The third-order valence-corrected chi connectivity index (χ3v) is 5.22. The van der Waals surface area contributed by atoms with Crippen molar-refractivity contribution >= 4 is 12.3 Å². The summed E-state index contributed by atoms with van der Waals surface area (Å²) in [6.45, 7) is 0. The van der Waals surface area contributed by atoms with Gasteiger partial charge < -0.3 is 4.74 Å². The van der Waals surface area contributed by atoms with Crippen molar-refractivity contribution in [1.82, 2.24) is 9.78 Å². The third kappa shape index (κ3) is 3.01. The van der Waals surface area contributed by atoms with Gasteiger partial charge in [-0.25, -0.2) is 9.48 Å². The van der Waals surface area contributed by atoms with Crippen molar-refractivity contribution in [1.29, 1.82) is 0 Å². The summed E-state index contributed by atoms with van der Waals surface area (Å²) < 4.78 is 6.49. The molecule has 0 spiro atoms. The molecule has 0 saturated carbocycles. The molecule has 5 heteroatoms. The number of hydrogen-bond donors (Lipinski definition) is 0. The first-order chi connectivity index (χ1) is 14.7.